The molecule has 136 valence electrons. The van der Waals surface area contributed by atoms with E-state index in [2.05, 4.69) is 19.7 Å². The highest BCUT2D eigenvalue weighted by molar-refractivity contribution is 6.32. The van der Waals surface area contributed by atoms with Gasteiger partial charge in [0.25, 0.3) is 0 Å². The normalized spacial score (nSPS) is 11.7. The first kappa shape index (κ1) is 17.3. The minimum atomic E-state index is -4.81. The van der Waals surface area contributed by atoms with E-state index in [4.69, 9.17) is 11.6 Å². The Morgan fingerprint density at radius 3 is 2.48 bits per heavy atom. The molecule has 2 aromatic heterocycles. The lowest BCUT2D eigenvalue weighted by atomic mass is 10.2. The lowest BCUT2D eigenvalue weighted by Gasteiger charge is -2.12. The summed E-state index contributed by atoms with van der Waals surface area (Å²) in [5.41, 5.74) is 2.37. The lowest BCUT2D eigenvalue weighted by molar-refractivity contribution is -0.274. The standard InChI is InChI=1S/C18H10ClF3N4O/c19-13-8-12(6-7-15(13)27-18(20,21)22)26-10-24-14-9-23-16(25-17(14)26)11-4-2-1-3-5-11/h1-10H. The van der Waals surface area contributed by atoms with Crippen LogP contribution < -0.4 is 4.74 Å². The quantitative estimate of drug-likeness (QED) is 0.492. The third kappa shape index (κ3) is 3.56. The minimum Gasteiger partial charge on any atom is -0.404 e. The Labute approximate surface area is 156 Å². The molecule has 9 heteroatoms. The molecule has 0 atom stereocenters. The average Bonchev–Trinajstić information content (AvgIpc) is 3.06. The molecule has 0 aliphatic carbocycles. The number of hydrogen-bond donors (Lipinski definition) is 0. The molecule has 4 rings (SSSR count). The fourth-order valence-electron chi connectivity index (χ4n) is 2.57. The minimum absolute atomic E-state index is 0.177. The monoisotopic (exact) mass is 390 g/mol. The van der Waals surface area contributed by atoms with Crippen LogP contribution in [0.5, 0.6) is 5.75 Å². The van der Waals surface area contributed by atoms with Crippen molar-refractivity contribution in [2.75, 3.05) is 0 Å². The third-order valence-corrected chi connectivity index (χ3v) is 4.04. The number of nitrogens with zero attached hydrogens (tertiary/aromatic N) is 4. The van der Waals surface area contributed by atoms with Gasteiger partial charge < -0.3 is 4.74 Å². The first-order valence-corrected chi connectivity index (χ1v) is 8.10. The van der Waals surface area contributed by atoms with E-state index in [1.807, 2.05) is 30.3 Å². The molecule has 0 bridgehead atoms. The van der Waals surface area contributed by atoms with Crippen molar-refractivity contribution in [2.24, 2.45) is 0 Å². The van der Waals surface area contributed by atoms with E-state index in [1.54, 1.807) is 10.8 Å². The summed E-state index contributed by atoms with van der Waals surface area (Å²) in [4.78, 5) is 13.1. The van der Waals surface area contributed by atoms with Gasteiger partial charge in [-0.25, -0.2) is 15.0 Å². The van der Waals surface area contributed by atoms with Crippen LogP contribution in [0.15, 0.2) is 61.1 Å². The molecule has 0 aliphatic rings. The van der Waals surface area contributed by atoms with Crippen molar-refractivity contribution in [3.8, 4) is 22.8 Å². The number of alkyl halides is 3. The van der Waals surface area contributed by atoms with Crippen molar-refractivity contribution >= 4 is 22.8 Å². The van der Waals surface area contributed by atoms with Crippen LogP contribution in [0.3, 0.4) is 0 Å². The van der Waals surface area contributed by atoms with Gasteiger partial charge in [0.2, 0.25) is 0 Å². The second-order valence-electron chi connectivity index (χ2n) is 5.55. The number of rotatable bonds is 3. The number of imidazole rings is 1. The zero-order chi connectivity index (χ0) is 19.0. The second-order valence-corrected chi connectivity index (χ2v) is 5.95. The van der Waals surface area contributed by atoms with Crippen LogP contribution in [0.2, 0.25) is 5.02 Å². The number of halogens is 4. The molecular formula is C18H10ClF3N4O. The van der Waals surface area contributed by atoms with E-state index in [0.29, 0.717) is 22.7 Å². The van der Waals surface area contributed by atoms with Crippen molar-refractivity contribution in [3.63, 3.8) is 0 Å². The zero-order valence-electron chi connectivity index (χ0n) is 13.5. The van der Waals surface area contributed by atoms with Crippen molar-refractivity contribution < 1.29 is 17.9 Å². The molecule has 4 aromatic rings. The number of benzene rings is 2. The highest BCUT2D eigenvalue weighted by Gasteiger charge is 2.32. The fourth-order valence-corrected chi connectivity index (χ4v) is 2.79. The molecular weight excluding hydrogens is 381 g/mol. The first-order valence-electron chi connectivity index (χ1n) is 7.72. The summed E-state index contributed by atoms with van der Waals surface area (Å²) in [6.45, 7) is 0. The van der Waals surface area contributed by atoms with Crippen molar-refractivity contribution in [1.29, 1.82) is 0 Å². The summed E-state index contributed by atoms with van der Waals surface area (Å²) in [5.74, 6) is 0.0323. The summed E-state index contributed by atoms with van der Waals surface area (Å²) >= 11 is 5.94. The molecule has 0 unspecified atom stereocenters. The van der Waals surface area contributed by atoms with E-state index in [-0.39, 0.29) is 5.02 Å². The Hall–Kier alpha value is -3.13. The van der Waals surface area contributed by atoms with Gasteiger partial charge >= 0.3 is 6.36 Å². The number of ether oxygens (including phenoxy) is 1. The van der Waals surface area contributed by atoms with Crippen LogP contribution in [-0.2, 0) is 0 Å². The van der Waals surface area contributed by atoms with Gasteiger partial charge in [-0.1, -0.05) is 41.9 Å². The summed E-state index contributed by atoms with van der Waals surface area (Å²) < 4.78 is 42.7. The molecule has 0 saturated carbocycles. The maximum absolute atomic E-state index is 12.4. The Morgan fingerprint density at radius 1 is 1.00 bits per heavy atom. The molecule has 27 heavy (non-hydrogen) atoms. The first-order chi connectivity index (χ1) is 12.9. The van der Waals surface area contributed by atoms with Crippen LogP contribution >= 0.6 is 11.6 Å². The largest absolute Gasteiger partial charge is 0.573 e. The van der Waals surface area contributed by atoms with Gasteiger partial charge in [0.15, 0.2) is 11.5 Å². The summed E-state index contributed by atoms with van der Waals surface area (Å²) in [7, 11) is 0. The summed E-state index contributed by atoms with van der Waals surface area (Å²) in [5, 5.41) is -0.177. The second kappa shape index (κ2) is 6.55. The topological polar surface area (TPSA) is 52.8 Å². The highest BCUT2D eigenvalue weighted by Crippen LogP contribution is 2.32. The van der Waals surface area contributed by atoms with E-state index in [1.165, 1.54) is 18.5 Å². The Bertz CT molecular complexity index is 1110. The fraction of sp³-hybridized carbons (Fsp3) is 0.0556. The van der Waals surface area contributed by atoms with Crippen LogP contribution in [-0.4, -0.2) is 25.9 Å². The zero-order valence-corrected chi connectivity index (χ0v) is 14.2. The van der Waals surface area contributed by atoms with E-state index >= 15 is 0 Å². The van der Waals surface area contributed by atoms with E-state index < -0.39 is 12.1 Å². The van der Waals surface area contributed by atoms with Gasteiger partial charge in [-0.15, -0.1) is 13.2 Å². The number of fused-ring (bicyclic) bond motifs is 1. The number of aromatic nitrogens is 4. The Balaban J connectivity index is 1.77. The van der Waals surface area contributed by atoms with Gasteiger partial charge in [0.05, 0.1) is 16.9 Å². The molecule has 5 nitrogen and oxygen atoms in total. The maximum atomic E-state index is 12.4. The molecule has 2 aromatic carbocycles. The van der Waals surface area contributed by atoms with Crippen LogP contribution in [0, 0.1) is 0 Å². The molecule has 0 spiro atoms. The molecule has 0 aliphatic heterocycles. The lowest BCUT2D eigenvalue weighted by Crippen LogP contribution is -2.17. The van der Waals surface area contributed by atoms with Gasteiger partial charge in [-0.3, -0.25) is 4.57 Å². The Morgan fingerprint density at radius 2 is 1.78 bits per heavy atom. The molecule has 0 N–H and O–H groups in total. The average molecular weight is 391 g/mol. The summed E-state index contributed by atoms with van der Waals surface area (Å²) in [6, 6.07) is 13.3. The SMILES string of the molecule is FC(F)(F)Oc1ccc(-n2cnc3cnc(-c4ccccc4)nc32)cc1Cl. The van der Waals surface area contributed by atoms with Gasteiger partial charge in [-0.05, 0) is 18.2 Å². The van der Waals surface area contributed by atoms with Gasteiger partial charge in [0, 0.05) is 5.56 Å². The van der Waals surface area contributed by atoms with Crippen molar-refractivity contribution in [2.45, 2.75) is 6.36 Å². The predicted molar refractivity (Wildman–Crippen MR) is 93.8 cm³/mol. The van der Waals surface area contributed by atoms with Gasteiger partial charge in [0.1, 0.15) is 17.6 Å². The predicted octanol–water partition coefficient (Wildman–Crippen LogP) is 5.03. The summed E-state index contributed by atoms with van der Waals surface area (Å²) in [6.07, 6.45) is -1.72. The number of hydrogen-bond acceptors (Lipinski definition) is 4. The van der Waals surface area contributed by atoms with Crippen LogP contribution in [0.4, 0.5) is 13.2 Å². The van der Waals surface area contributed by atoms with Crippen LogP contribution in [0.25, 0.3) is 28.2 Å². The molecule has 0 radical (unpaired) electrons. The smallest absolute Gasteiger partial charge is 0.404 e. The third-order valence-electron chi connectivity index (χ3n) is 3.74. The molecule has 0 saturated heterocycles. The molecule has 0 fully saturated rings. The van der Waals surface area contributed by atoms with Crippen molar-refractivity contribution in [1.82, 2.24) is 19.5 Å². The van der Waals surface area contributed by atoms with Gasteiger partial charge in [-0.2, -0.15) is 0 Å². The van der Waals surface area contributed by atoms with Crippen molar-refractivity contribution in [3.05, 3.63) is 66.1 Å². The van der Waals surface area contributed by atoms with E-state index in [0.717, 1.165) is 11.6 Å². The van der Waals surface area contributed by atoms with E-state index in [9.17, 15) is 13.2 Å². The molecule has 2 heterocycles. The van der Waals surface area contributed by atoms with Crippen LogP contribution in [0.1, 0.15) is 0 Å². The molecule has 0 amide bonds. The Kier molecular flexibility index (Phi) is 4.19. The maximum Gasteiger partial charge on any atom is 0.573 e. The highest BCUT2D eigenvalue weighted by atomic mass is 35.5.